The molecule has 1 saturated carbocycles. The van der Waals surface area contributed by atoms with Gasteiger partial charge in [-0.1, -0.05) is 45.4 Å². The summed E-state index contributed by atoms with van der Waals surface area (Å²) in [5.41, 5.74) is 1.73. The van der Waals surface area contributed by atoms with Crippen LogP contribution in [0.15, 0.2) is 18.2 Å². The number of benzene rings is 1. The maximum Gasteiger partial charge on any atom is 0.142 e. The molecule has 1 aliphatic carbocycles. The van der Waals surface area contributed by atoms with Crippen molar-refractivity contribution in [2.75, 3.05) is 6.54 Å². The minimum absolute atomic E-state index is 0.184. The minimum Gasteiger partial charge on any atom is -0.312 e. The molecule has 100 valence electrons. The van der Waals surface area contributed by atoms with Gasteiger partial charge in [0.2, 0.25) is 0 Å². The number of nitrogens with one attached hydrogen (secondary N) is 1. The highest BCUT2D eigenvalue weighted by Crippen LogP contribution is 2.67. The Labute approximate surface area is 114 Å². The summed E-state index contributed by atoms with van der Waals surface area (Å²) in [6.07, 6.45) is 0. The second-order valence-corrected chi connectivity index (χ2v) is 6.78. The van der Waals surface area contributed by atoms with Crippen LogP contribution in [0.3, 0.4) is 0 Å². The van der Waals surface area contributed by atoms with Crippen LogP contribution < -0.4 is 5.32 Å². The van der Waals surface area contributed by atoms with Gasteiger partial charge in [-0.25, -0.2) is 4.39 Å². The minimum atomic E-state index is -0.344. The molecule has 0 bridgehead atoms. The third-order valence-electron chi connectivity index (χ3n) is 4.98. The molecule has 0 atom stereocenters. The van der Waals surface area contributed by atoms with Crippen LogP contribution in [0.25, 0.3) is 0 Å². The Morgan fingerprint density at radius 1 is 1.22 bits per heavy atom. The Bertz CT molecular complexity index is 440. The Morgan fingerprint density at radius 2 is 1.83 bits per heavy atom. The summed E-state index contributed by atoms with van der Waals surface area (Å²) in [6, 6.07) is 4.97. The normalized spacial score (nSPS) is 21.0. The van der Waals surface area contributed by atoms with Gasteiger partial charge in [-0.15, -0.1) is 0 Å². The van der Waals surface area contributed by atoms with Gasteiger partial charge in [0.15, 0.2) is 0 Å². The fourth-order valence-corrected chi connectivity index (χ4v) is 2.97. The summed E-state index contributed by atoms with van der Waals surface area (Å²) in [5, 5.41) is 3.60. The van der Waals surface area contributed by atoms with Crippen molar-refractivity contribution in [1.29, 1.82) is 0 Å². The molecule has 0 unspecified atom stereocenters. The van der Waals surface area contributed by atoms with Crippen molar-refractivity contribution < 1.29 is 4.39 Å². The standard InChI is InChI=1S/C15H21ClFN/c1-14(2)13(15(14,3)4)9-18-8-10-5-6-11(16)12(17)7-10/h5-7,13,18H,8-9H2,1-4H3. The molecule has 1 fully saturated rings. The monoisotopic (exact) mass is 269 g/mol. The first-order chi connectivity index (χ1) is 8.26. The van der Waals surface area contributed by atoms with E-state index in [1.165, 1.54) is 6.07 Å². The van der Waals surface area contributed by atoms with Crippen molar-refractivity contribution in [3.63, 3.8) is 0 Å². The van der Waals surface area contributed by atoms with Crippen LogP contribution in [0, 0.1) is 22.6 Å². The van der Waals surface area contributed by atoms with Crippen molar-refractivity contribution in [1.82, 2.24) is 5.32 Å². The predicted molar refractivity (Wildman–Crippen MR) is 74.2 cm³/mol. The highest BCUT2D eigenvalue weighted by molar-refractivity contribution is 6.30. The zero-order chi connectivity index (χ0) is 13.6. The molecule has 1 nitrogen and oxygen atoms in total. The molecule has 2 rings (SSSR count). The van der Waals surface area contributed by atoms with Gasteiger partial charge >= 0.3 is 0 Å². The molecule has 0 spiro atoms. The average molecular weight is 270 g/mol. The Balaban J connectivity index is 1.85. The van der Waals surface area contributed by atoms with Crippen LogP contribution in [-0.4, -0.2) is 6.54 Å². The first kappa shape index (κ1) is 13.8. The summed E-state index contributed by atoms with van der Waals surface area (Å²) in [4.78, 5) is 0. The van der Waals surface area contributed by atoms with Crippen LogP contribution >= 0.6 is 11.6 Å². The summed E-state index contributed by atoms with van der Waals surface area (Å²) >= 11 is 5.65. The van der Waals surface area contributed by atoms with E-state index in [1.807, 2.05) is 6.07 Å². The molecule has 18 heavy (non-hydrogen) atoms. The maximum absolute atomic E-state index is 13.3. The van der Waals surface area contributed by atoms with E-state index in [1.54, 1.807) is 6.07 Å². The van der Waals surface area contributed by atoms with Gasteiger partial charge in [0.05, 0.1) is 5.02 Å². The van der Waals surface area contributed by atoms with E-state index < -0.39 is 0 Å². The number of hydrogen-bond donors (Lipinski definition) is 1. The summed E-state index contributed by atoms with van der Waals surface area (Å²) in [7, 11) is 0. The van der Waals surface area contributed by atoms with E-state index >= 15 is 0 Å². The van der Waals surface area contributed by atoms with E-state index in [4.69, 9.17) is 11.6 Å². The largest absolute Gasteiger partial charge is 0.312 e. The van der Waals surface area contributed by atoms with E-state index in [9.17, 15) is 4.39 Å². The van der Waals surface area contributed by atoms with Gasteiger partial charge in [0, 0.05) is 6.54 Å². The Kier molecular flexibility index (Phi) is 3.46. The predicted octanol–water partition coefficient (Wildman–Crippen LogP) is 4.25. The highest BCUT2D eigenvalue weighted by atomic mass is 35.5. The van der Waals surface area contributed by atoms with Gasteiger partial charge in [0.25, 0.3) is 0 Å². The molecule has 0 amide bonds. The molecule has 1 N–H and O–H groups in total. The number of hydrogen-bond acceptors (Lipinski definition) is 1. The van der Waals surface area contributed by atoms with Gasteiger partial charge in [-0.3, -0.25) is 0 Å². The lowest BCUT2D eigenvalue weighted by Crippen LogP contribution is -2.18. The first-order valence-electron chi connectivity index (χ1n) is 6.41. The maximum atomic E-state index is 13.3. The molecule has 1 aromatic rings. The SMILES string of the molecule is CC1(C)C(CNCc2ccc(Cl)c(F)c2)C1(C)C. The van der Waals surface area contributed by atoms with E-state index in [-0.39, 0.29) is 10.8 Å². The molecule has 3 heteroatoms. The van der Waals surface area contributed by atoms with Gasteiger partial charge < -0.3 is 5.32 Å². The van der Waals surface area contributed by atoms with Crippen LogP contribution in [-0.2, 0) is 6.54 Å². The van der Waals surface area contributed by atoms with E-state index in [0.29, 0.717) is 23.3 Å². The lowest BCUT2D eigenvalue weighted by Gasteiger charge is -2.07. The molecule has 1 aliphatic rings. The third kappa shape index (κ3) is 2.28. The second-order valence-electron chi connectivity index (χ2n) is 6.38. The van der Waals surface area contributed by atoms with E-state index in [2.05, 4.69) is 33.0 Å². The van der Waals surface area contributed by atoms with Crippen LogP contribution in [0.4, 0.5) is 4.39 Å². The fourth-order valence-electron chi connectivity index (χ4n) is 2.85. The van der Waals surface area contributed by atoms with Crippen molar-refractivity contribution in [3.05, 3.63) is 34.6 Å². The average Bonchev–Trinajstić information content (AvgIpc) is 2.65. The lowest BCUT2D eigenvalue weighted by atomic mass is 10.0. The Morgan fingerprint density at radius 3 is 2.33 bits per heavy atom. The highest BCUT2D eigenvalue weighted by Gasteiger charge is 2.63. The molecule has 0 aromatic heterocycles. The van der Waals surface area contributed by atoms with Gasteiger partial charge in [-0.05, 0) is 41.0 Å². The fraction of sp³-hybridized carbons (Fsp3) is 0.600. The molecule has 1 aromatic carbocycles. The molecular weight excluding hydrogens is 249 g/mol. The van der Waals surface area contributed by atoms with Crippen LogP contribution in [0.5, 0.6) is 0 Å². The van der Waals surface area contributed by atoms with Crippen molar-refractivity contribution >= 4 is 11.6 Å². The topological polar surface area (TPSA) is 12.0 Å². The lowest BCUT2D eigenvalue weighted by molar-refractivity contribution is 0.457. The number of halogens is 2. The Hall–Kier alpha value is -0.600. The van der Waals surface area contributed by atoms with Crippen molar-refractivity contribution in [2.24, 2.45) is 16.7 Å². The molecule has 0 heterocycles. The summed E-state index contributed by atoms with van der Waals surface area (Å²) in [5.74, 6) is 0.338. The van der Waals surface area contributed by atoms with Crippen LogP contribution in [0.2, 0.25) is 5.02 Å². The molecule has 0 aliphatic heterocycles. The van der Waals surface area contributed by atoms with Gasteiger partial charge in [0.1, 0.15) is 5.82 Å². The summed E-state index contributed by atoms with van der Waals surface area (Å²) < 4.78 is 13.3. The summed E-state index contributed by atoms with van der Waals surface area (Å²) in [6.45, 7) is 10.9. The number of rotatable bonds is 4. The zero-order valence-electron chi connectivity index (χ0n) is 11.5. The first-order valence-corrected chi connectivity index (χ1v) is 6.79. The van der Waals surface area contributed by atoms with Gasteiger partial charge in [-0.2, -0.15) is 0 Å². The van der Waals surface area contributed by atoms with E-state index in [0.717, 1.165) is 12.1 Å². The van der Waals surface area contributed by atoms with Crippen molar-refractivity contribution in [2.45, 2.75) is 34.2 Å². The zero-order valence-corrected chi connectivity index (χ0v) is 12.2. The smallest absolute Gasteiger partial charge is 0.142 e. The third-order valence-corrected chi connectivity index (χ3v) is 5.29. The molecule has 0 radical (unpaired) electrons. The van der Waals surface area contributed by atoms with Crippen molar-refractivity contribution in [3.8, 4) is 0 Å². The second kappa shape index (κ2) is 4.50. The molecular formula is C15H21ClFN. The molecule has 0 saturated heterocycles. The van der Waals surface area contributed by atoms with Crippen LogP contribution in [0.1, 0.15) is 33.3 Å². The quantitative estimate of drug-likeness (QED) is 0.862.